The average Bonchev–Trinajstić information content (AvgIpc) is 2.84. The van der Waals surface area contributed by atoms with Gasteiger partial charge in [0.15, 0.2) is 0 Å². The molecule has 2 heterocycles. The average molecular weight is 140 g/mol. The lowest BCUT2D eigenvalue weighted by molar-refractivity contribution is 0.224. The molecule has 0 aromatic heterocycles. The summed E-state index contributed by atoms with van der Waals surface area (Å²) in [6.45, 7) is 0.955. The van der Waals surface area contributed by atoms with E-state index >= 15 is 0 Å². The number of hydrogen-bond donors (Lipinski definition) is 0. The molecule has 0 unspecified atom stereocenters. The third kappa shape index (κ3) is 0.565. The van der Waals surface area contributed by atoms with E-state index in [-0.39, 0.29) is 5.60 Å². The molecule has 2 saturated heterocycles. The fraction of sp³-hybridized carbons (Fsp3) is 1.00. The summed E-state index contributed by atoms with van der Waals surface area (Å²) < 4.78 is 10.9. The molecule has 10 heavy (non-hydrogen) atoms. The highest BCUT2D eigenvalue weighted by molar-refractivity contribution is 5.13. The third-order valence-electron chi connectivity index (χ3n) is 3.01. The Hall–Kier alpha value is -0.0800. The van der Waals surface area contributed by atoms with Crippen LogP contribution < -0.4 is 0 Å². The van der Waals surface area contributed by atoms with Crippen molar-refractivity contribution in [2.45, 2.75) is 43.5 Å². The van der Waals surface area contributed by atoms with E-state index < -0.39 is 0 Å². The Balaban J connectivity index is 1.80. The van der Waals surface area contributed by atoms with Crippen LogP contribution >= 0.6 is 0 Å². The highest BCUT2D eigenvalue weighted by atomic mass is 16.7. The maximum Gasteiger partial charge on any atom is 0.123 e. The largest absolute Gasteiger partial charge is 0.370 e. The van der Waals surface area contributed by atoms with Crippen LogP contribution in [0.3, 0.4) is 0 Å². The first-order valence-corrected chi connectivity index (χ1v) is 4.21. The molecule has 0 spiro atoms. The number of rotatable bonds is 1. The Morgan fingerprint density at radius 2 is 2.10 bits per heavy atom. The fourth-order valence-electron chi connectivity index (χ4n) is 2.26. The molecule has 56 valence electrons. The molecule has 0 N–H and O–H groups in total. The molecule has 2 heteroatoms. The molecule has 0 aromatic rings. The van der Waals surface area contributed by atoms with Crippen LogP contribution in [0.2, 0.25) is 0 Å². The predicted octanol–water partition coefficient (Wildman–Crippen LogP) is 1.10. The van der Waals surface area contributed by atoms with Crippen molar-refractivity contribution >= 4 is 0 Å². The van der Waals surface area contributed by atoms with Crippen LogP contribution in [0.1, 0.15) is 25.7 Å². The van der Waals surface area contributed by atoms with Crippen molar-refractivity contribution < 1.29 is 9.47 Å². The van der Waals surface area contributed by atoms with Gasteiger partial charge in [0.25, 0.3) is 0 Å². The van der Waals surface area contributed by atoms with E-state index in [1.54, 1.807) is 0 Å². The zero-order valence-electron chi connectivity index (χ0n) is 6.01. The molecule has 1 aliphatic carbocycles. The lowest BCUT2D eigenvalue weighted by Gasteiger charge is -2.13. The van der Waals surface area contributed by atoms with E-state index in [4.69, 9.17) is 9.47 Å². The highest BCUT2D eigenvalue weighted by Gasteiger charge is 2.66. The third-order valence-corrected chi connectivity index (χ3v) is 3.01. The van der Waals surface area contributed by atoms with Crippen molar-refractivity contribution in [3.05, 3.63) is 0 Å². The molecule has 1 saturated carbocycles. The van der Waals surface area contributed by atoms with Crippen LogP contribution in [-0.4, -0.2) is 24.4 Å². The Morgan fingerprint density at radius 3 is 2.80 bits per heavy atom. The standard InChI is InChI=1S/C8H12O2/c1-2-4-8(7-5-9-7)6(3-1)10-8/h6-7H,1-5H2/t6-,7+,8-/m0/s1. The van der Waals surface area contributed by atoms with Gasteiger partial charge in [-0.1, -0.05) is 12.8 Å². The van der Waals surface area contributed by atoms with Crippen LogP contribution in [0.25, 0.3) is 0 Å². The van der Waals surface area contributed by atoms with Crippen LogP contribution in [0.4, 0.5) is 0 Å². The summed E-state index contributed by atoms with van der Waals surface area (Å²) >= 11 is 0. The Bertz CT molecular complexity index is 165. The molecule has 2 aliphatic heterocycles. The van der Waals surface area contributed by atoms with Crippen molar-refractivity contribution in [3.8, 4) is 0 Å². The van der Waals surface area contributed by atoms with Gasteiger partial charge in [-0.05, 0) is 12.8 Å². The van der Waals surface area contributed by atoms with Crippen LogP contribution in [0, 0.1) is 0 Å². The molecule has 3 rings (SSSR count). The summed E-state index contributed by atoms with van der Waals surface area (Å²) in [6.07, 6.45) is 6.30. The van der Waals surface area contributed by atoms with Crippen molar-refractivity contribution in [2.24, 2.45) is 0 Å². The number of ether oxygens (including phenoxy) is 2. The van der Waals surface area contributed by atoms with Gasteiger partial charge in [-0.3, -0.25) is 0 Å². The number of hydrogen-bond acceptors (Lipinski definition) is 2. The highest BCUT2D eigenvalue weighted by Crippen LogP contribution is 2.53. The Kier molecular flexibility index (Phi) is 0.868. The molecular weight excluding hydrogens is 128 g/mol. The van der Waals surface area contributed by atoms with Crippen molar-refractivity contribution in [3.63, 3.8) is 0 Å². The maximum atomic E-state index is 5.66. The first-order valence-electron chi connectivity index (χ1n) is 4.21. The SMILES string of the molecule is C1CC[C@]2([C@H]3CO3)O[C@H]2C1. The second-order valence-electron chi connectivity index (χ2n) is 3.63. The number of epoxide rings is 2. The van der Waals surface area contributed by atoms with E-state index in [9.17, 15) is 0 Å². The molecule has 3 fully saturated rings. The predicted molar refractivity (Wildman–Crippen MR) is 35.8 cm³/mol. The maximum absolute atomic E-state index is 5.66. The lowest BCUT2D eigenvalue weighted by atomic mass is 9.87. The topological polar surface area (TPSA) is 25.1 Å². The van der Waals surface area contributed by atoms with E-state index in [1.807, 2.05) is 0 Å². The lowest BCUT2D eigenvalue weighted by Crippen LogP contribution is -2.25. The smallest absolute Gasteiger partial charge is 0.123 e. The van der Waals surface area contributed by atoms with E-state index in [0.717, 1.165) is 6.61 Å². The second kappa shape index (κ2) is 1.56. The zero-order chi connectivity index (χ0) is 6.60. The summed E-state index contributed by atoms with van der Waals surface area (Å²) in [5.41, 5.74) is 0.234. The minimum atomic E-state index is 0.234. The van der Waals surface area contributed by atoms with Gasteiger partial charge in [-0.15, -0.1) is 0 Å². The summed E-state index contributed by atoms with van der Waals surface area (Å²) in [4.78, 5) is 0. The van der Waals surface area contributed by atoms with Gasteiger partial charge in [-0.2, -0.15) is 0 Å². The Labute approximate surface area is 60.5 Å². The molecule has 0 amide bonds. The summed E-state index contributed by atoms with van der Waals surface area (Å²) in [5, 5.41) is 0. The quantitative estimate of drug-likeness (QED) is 0.509. The monoisotopic (exact) mass is 140 g/mol. The fourth-order valence-corrected chi connectivity index (χ4v) is 2.26. The Morgan fingerprint density at radius 1 is 1.20 bits per heavy atom. The van der Waals surface area contributed by atoms with Gasteiger partial charge in [0.2, 0.25) is 0 Å². The molecule has 0 bridgehead atoms. The van der Waals surface area contributed by atoms with Crippen LogP contribution in [-0.2, 0) is 9.47 Å². The van der Waals surface area contributed by atoms with Gasteiger partial charge in [0.05, 0.1) is 12.7 Å². The minimum Gasteiger partial charge on any atom is -0.370 e. The van der Waals surface area contributed by atoms with Gasteiger partial charge >= 0.3 is 0 Å². The van der Waals surface area contributed by atoms with Gasteiger partial charge in [-0.25, -0.2) is 0 Å². The van der Waals surface area contributed by atoms with Crippen molar-refractivity contribution in [1.82, 2.24) is 0 Å². The minimum absolute atomic E-state index is 0.234. The zero-order valence-corrected chi connectivity index (χ0v) is 6.01. The molecular formula is C8H12O2. The summed E-state index contributed by atoms with van der Waals surface area (Å²) in [7, 11) is 0. The molecule has 0 radical (unpaired) electrons. The van der Waals surface area contributed by atoms with E-state index in [2.05, 4.69) is 0 Å². The molecule has 2 nitrogen and oxygen atoms in total. The van der Waals surface area contributed by atoms with Crippen LogP contribution in [0.5, 0.6) is 0 Å². The first kappa shape index (κ1) is 5.56. The van der Waals surface area contributed by atoms with Crippen molar-refractivity contribution in [2.75, 3.05) is 6.61 Å². The first-order chi connectivity index (χ1) is 4.92. The second-order valence-corrected chi connectivity index (χ2v) is 3.63. The summed E-state index contributed by atoms with van der Waals surface area (Å²) in [5.74, 6) is 0. The number of fused-ring (bicyclic) bond motifs is 1. The van der Waals surface area contributed by atoms with Gasteiger partial charge < -0.3 is 9.47 Å². The molecule has 0 aromatic carbocycles. The van der Waals surface area contributed by atoms with E-state index in [0.29, 0.717) is 12.2 Å². The van der Waals surface area contributed by atoms with Gasteiger partial charge in [0.1, 0.15) is 11.7 Å². The van der Waals surface area contributed by atoms with Crippen LogP contribution in [0.15, 0.2) is 0 Å². The summed E-state index contributed by atoms with van der Waals surface area (Å²) in [6, 6.07) is 0. The normalized spacial score (nSPS) is 57.6. The van der Waals surface area contributed by atoms with Crippen molar-refractivity contribution in [1.29, 1.82) is 0 Å². The molecule has 3 aliphatic rings. The molecule has 3 atom stereocenters. The van der Waals surface area contributed by atoms with E-state index in [1.165, 1.54) is 25.7 Å². The van der Waals surface area contributed by atoms with Gasteiger partial charge in [0, 0.05) is 0 Å².